The van der Waals surface area contributed by atoms with Crippen molar-refractivity contribution in [3.05, 3.63) is 24.3 Å². The van der Waals surface area contributed by atoms with Crippen LogP contribution in [0.1, 0.15) is 66.7 Å². The van der Waals surface area contributed by atoms with Gasteiger partial charge in [-0.2, -0.15) is 0 Å². The molecule has 8 nitrogen and oxygen atoms in total. The number of nitrogens with zero attached hydrogens (tertiary/aromatic N) is 1. The van der Waals surface area contributed by atoms with Crippen molar-refractivity contribution >= 4 is 35.2 Å². The summed E-state index contributed by atoms with van der Waals surface area (Å²) in [5.74, 6) is -0.596. The number of aliphatic hydroxyl groups is 1. The lowest BCUT2D eigenvalue weighted by Crippen LogP contribution is -2.58. The molecular formula is C30H45N3O5S. The van der Waals surface area contributed by atoms with Gasteiger partial charge in [0, 0.05) is 17.5 Å². The second-order valence-corrected chi connectivity index (χ2v) is 13.3. The van der Waals surface area contributed by atoms with Gasteiger partial charge in [0.05, 0.1) is 35.8 Å². The van der Waals surface area contributed by atoms with Crippen molar-refractivity contribution in [3.63, 3.8) is 0 Å². The number of likely N-dealkylation sites (tertiary alicyclic amines) is 1. The Morgan fingerprint density at radius 3 is 2.51 bits per heavy atom. The number of anilines is 1. The predicted molar refractivity (Wildman–Crippen MR) is 155 cm³/mol. The smallest absolute Gasteiger partial charge is 0.244 e. The largest absolute Gasteiger partial charge is 0.494 e. The van der Waals surface area contributed by atoms with E-state index in [4.69, 9.17) is 4.74 Å². The van der Waals surface area contributed by atoms with E-state index < -0.39 is 28.7 Å². The maximum Gasteiger partial charge on any atom is 0.244 e. The number of benzene rings is 1. The molecular weight excluding hydrogens is 514 g/mol. The first kappa shape index (κ1) is 29.7. The average molecular weight is 560 g/mol. The van der Waals surface area contributed by atoms with Crippen LogP contribution in [0, 0.1) is 23.7 Å². The Morgan fingerprint density at radius 2 is 1.90 bits per heavy atom. The average Bonchev–Trinajstić information content (AvgIpc) is 3.50. The molecule has 9 heteroatoms. The summed E-state index contributed by atoms with van der Waals surface area (Å²) in [6.07, 6.45) is 4.33. The van der Waals surface area contributed by atoms with Crippen LogP contribution in [0.15, 0.2) is 24.3 Å². The molecule has 1 aromatic rings. The van der Waals surface area contributed by atoms with Crippen LogP contribution in [-0.2, 0) is 14.4 Å². The molecule has 0 aromatic heterocycles. The molecule has 1 aromatic carbocycles. The highest BCUT2D eigenvalue weighted by Gasteiger charge is 2.76. The predicted octanol–water partition coefficient (Wildman–Crippen LogP) is 4.07. The lowest BCUT2D eigenvalue weighted by Gasteiger charge is -2.40. The summed E-state index contributed by atoms with van der Waals surface area (Å²) in [6, 6.07) is 6.07. The van der Waals surface area contributed by atoms with Gasteiger partial charge in [0.1, 0.15) is 11.8 Å². The number of thioether (sulfide) groups is 1. The van der Waals surface area contributed by atoms with E-state index in [1.54, 1.807) is 28.8 Å². The number of carbonyl (C=O) groups is 3. The highest BCUT2D eigenvalue weighted by atomic mass is 32.2. The third-order valence-electron chi connectivity index (χ3n) is 8.59. The number of unbranched alkanes of at least 4 members (excludes halogenated alkanes) is 2. The zero-order valence-electron chi connectivity index (χ0n) is 23.9. The molecule has 216 valence electrons. The van der Waals surface area contributed by atoms with Crippen molar-refractivity contribution < 1.29 is 24.2 Å². The fourth-order valence-corrected chi connectivity index (χ4v) is 9.39. The lowest BCUT2D eigenvalue weighted by atomic mass is 9.66. The molecule has 1 spiro atoms. The Labute approximate surface area is 237 Å². The Bertz CT molecular complexity index is 1030. The van der Waals surface area contributed by atoms with Crippen LogP contribution in [0.25, 0.3) is 0 Å². The van der Waals surface area contributed by atoms with Gasteiger partial charge in [-0.1, -0.05) is 40.5 Å². The van der Waals surface area contributed by atoms with E-state index in [0.29, 0.717) is 25.3 Å². The number of rotatable bonds is 13. The SMILES string of the molecule is CCCCCNC(=O)C1N([C@@H](CO)CC(C)C)C(=O)[C@@H]2[C@H](C(=O)Nc3ccc(OCC)cc3)[C@@H]3CC(C)C12S3. The highest BCUT2D eigenvalue weighted by Crippen LogP contribution is 2.69. The minimum atomic E-state index is -0.708. The van der Waals surface area contributed by atoms with Gasteiger partial charge in [-0.05, 0) is 62.3 Å². The Kier molecular flexibility index (Phi) is 9.53. The summed E-state index contributed by atoms with van der Waals surface area (Å²) in [4.78, 5) is 43.6. The van der Waals surface area contributed by atoms with Gasteiger partial charge in [-0.25, -0.2) is 0 Å². The number of hydrogen-bond acceptors (Lipinski definition) is 6. The quantitative estimate of drug-likeness (QED) is 0.315. The number of fused-ring (bicyclic) bond motifs is 1. The molecule has 3 N–H and O–H groups in total. The Balaban J connectivity index is 1.65. The van der Waals surface area contributed by atoms with Crippen molar-refractivity contribution in [3.8, 4) is 5.75 Å². The third kappa shape index (κ3) is 5.53. The first-order valence-electron chi connectivity index (χ1n) is 14.6. The fraction of sp³-hybridized carbons (Fsp3) is 0.700. The maximum absolute atomic E-state index is 14.3. The van der Waals surface area contributed by atoms with E-state index in [9.17, 15) is 19.5 Å². The van der Waals surface area contributed by atoms with E-state index in [1.807, 2.05) is 19.1 Å². The molecule has 39 heavy (non-hydrogen) atoms. The van der Waals surface area contributed by atoms with Crippen LogP contribution in [0.4, 0.5) is 5.69 Å². The van der Waals surface area contributed by atoms with Crippen molar-refractivity contribution in [2.24, 2.45) is 23.7 Å². The van der Waals surface area contributed by atoms with Gasteiger partial charge in [-0.15, -0.1) is 11.8 Å². The normalized spacial score (nSPS) is 30.0. The van der Waals surface area contributed by atoms with Crippen LogP contribution in [0.5, 0.6) is 5.75 Å². The summed E-state index contributed by atoms with van der Waals surface area (Å²) in [5.41, 5.74) is 0.652. The molecule has 3 saturated heterocycles. The third-order valence-corrected chi connectivity index (χ3v) is 10.7. The van der Waals surface area contributed by atoms with Crippen molar-refractivity contribution in [1.82, 2.24) is 10.2 Å². The molecule has 0 aliphatic carbocycles. The minimum absolute atomic E-state index is 0.0353. The molecule has 0 saturated carbocycles. The zero-order chi connectivity index (χ0) is 28.3. The fourth-order valence-electron chi connectivity index (χ4n) is 6.98. The maximum atomic E-state index is 14.3. The van der Waals surface area contributed by atoms with Gasteiger partial charge in [0.15, 0.2) is 0 Å². The first-order valence-corrected chi connectivity index (χ1v) is 15.5. The summed E-state index contributed by atoms with van der Waals surface area (Å²) in [5, 5.41) is 16.5. The van der Waals surface area contributed by atoms with Crippen LogP contribution >= 0.6 is 11.8 Å². The topological polar surface area (TPSA) is 108 Å². The molecule has 0 radical (unpaired) electrons. The van der Waals surface area contributed by atoms with Gasteiger partial charge in [-0.3, -0.25) is 14.4 Å². The summed E-state index contributed by atoms with van der Waals surface area (Å²) >= 11 is 1.66. The van der Waals surface area contributed by atoms with Gasteiger partial charge < -0.3 is 25.4 Å². The van der Waals surface area contributed by atoms with Crippen molar-refractivity contribution in [2.75, 3.05) is 25.1 Å². The second kappa shape index (κ2) is 12.5. The summed E-state index contributed by atoms with van der Waals surface area (Å²) in [7, 11) is 0. The van der Waals surface area contributed by atoms with E-state index in [0.717, 1.165) is 31.4 Å². The summed E-state index contributed by atoms with van der Waals surface area (Å²) in [6.45, 7) is 11.2. The van der Waals surface area contributed by atoms with E-state index >= 15 is 0 Å². The Morgan fingerprint density at radius 1 is 1.18 bits per heavy atom. The first-order chi connectivity index (χ1) is 18.7. The standard InChI is InChI=1S/C30H45N3O5S/c1-6-8-9-14-31-28(36)26-30-19(5)16-23(39-30)24(25(30)29(37)33(26)21(17-34)15-18(3)4)27(35)32-20-10-12-22(13-11-20)38-7-2/h10-13,18-19,21,23-26,34H,6-9,14-17H2,1-5H3,(H,31,36)(H,32,35)/t19?,21-,23+,24-,25+,26?,30?/m1/s1. The summed E-state index contributed by atoms with van der Waals surface area (Å²) < 4.78 is 4.82. The van der Waals surface area contributed by atoms with Gasteiger partial charge in [0.2, 0.25) is 17.7 Å². The molecule has 3 unspecified atom stereocenters. The van der Waals surface area contributed by atoms with Gasteiger partial charge >= 0.3 is 0 Å². The molecule has 3 amide bonds. The number of carbonyl (C=O) groups excluding carboxylic acids is 3. The number of aliphatic hydroxyl groups excluding tert-OH is 1. The molecule has 3 aliphatic heterocycles. The monoisotopic (exact) mass is 559 g/mol. The number of ether oxygens (including phenoxy) is 1. The van der Waals surface area contributed by atoms with E-state index in [2.05, 4.69) is 38.3 Å². The van der Waals surface area contributed by atoms with Crippen LogP contribution < -0.4 is 15.4 Å². The van der Waals surface area contributed by atoms with Crippen LogP contribution in [-0.4, -0.2) is 69.6 Å². The minimum Gasteiger partial charge on any atom is -0.494 e. The van der Waals surface area contributed by atoms with E-state index in [-0.39, 0.29) is 41.4 Å². The number of amides is 3. The van der Waals surface area contributed by atoms with E-state index in [1.165, 1.54) is 0 Å². The van der Waals surface area contributed by atoms with Crippen molar-refractivity contribution in [1.29, 1.82) is 0 Å². The van der Waals surface area contributed by atoms with Crippen LogP contribution in [0.2, 0.25) is 0 Å². The molecule has 2 bridgehead atoms. The molecule has 3 heterocycles. The highest BCUT2D eigenvalue weighted by molar-refractivity contribution is 8.02. The second-order valence-electron chi connectivity index (χ2n) is 11.7. The Hall–Kier alpha value is -2.26. The molecule has 4 rings (SSSR count). The van der Waals surface area contributed by atoms with Crippen LogP contribution in [0.3, 0.4) is 0 Å². The van der Waals surface area contributed by atoms with Crippen molar-refractivity contribution in [2.45, 2.75) is 88.8 Å². The number of hydrogen-bond donors (Lipinski definition) is 3. The molecule has 3 fully saturated rings. The molecule has 7 atom stereocenters. The lowest BCUT2D eigenvalue weighted by molar-refractivity contribution is -0.142. The zero-order valence-corrected chi connectivity index (χ0v) is 24.8. The van der Waals surface area contributed by atoms with Gasteiger partial charge in [0.25, 0.3) is 0 Å². The number of nitrogens with one attached hydrogen (secondary N) is 2. The molecule has 3 aliphatic rings.